The summed E-state index contributed by atoms with van der Waals surface area (Å²) in [6.45, 7) is 7.31. The third kappa shape index (κ3) is 1.53. The highest BCUT2D eigenvalue weighted by molar-refractivity contribution is 7.18. The van der Waals surface area contributed by atoms with Crippen LogP contribution in [0, 0.1) is 6.92 Å². The Bertz CT molecular complexity index is 625. The van der Waals surface area contributed by atoms with Gasteiger partial charge in [-0.25, -0.2) is 4.98 Å². The molecule has 0 aliphatic rings. The van der Waals surface area contributed by atoms with Gasteiger partial charge in [0.15, 0.2) is 11.6 Å². The van der Waals surface area contributed by atoms with Crippen molar-refractivity contribution >= 4 is 27.3 Å². The molecule has 84 valence electrons. The van der Waals surface area contributed by atoms with E-state index in [0.717, 1.165) is 16.9 Å². The molecule has 0 aliphatic carbocycles. The van der Waals surface area contributed by atoms with Crippen molar-refractivity contribution in [3.05, 3.63) is 33.2 Å². The average molecular weight is 236 g/mol. The maximum atomic E-state index is 11.8. The van der Waals surface area contributed by atoms with Gasteiger partial charge < -0.3 is 10.1 Å². The fourth-order valence-electron chi connectivity index (χ4n) is 1.66. The molecule has 0 spiro atoms. The Hall–Kier alpha value is -1.62. The number of hydrogen-bond donors (Lipinski definition) is 2. The minimum Gasteiger partial charge on any atom is -0.505 e. The summed E-state index contributed by atoms with van der Waals surface area (Å²) >= 11 is 1.49. The third-order valence-corrected chi connectivity index (χ3v) is 3.82. The molecule has 0 radical (unpaired) electrons. The van der Waals surface area contributed by atoms with Crippen LogP contribution in [0.5, 0.6) is 0 Å². The summed E-state index contributed by atoms with van der Waals surface area (Å²) in [5.74, 6) is -0.0792. The zero-order chi connectivity index (χ0) is 11.9. The molecule has 2 rings (SSSR count). The summed E-state index contributed by atoms with van der Waals surface area (Å²) in [5.41, 5.74) is 0.759. The average Bonchev–Trinajstić information content (AvgIpc) is 2.55. The zero-order valence-corrected chi connectivity index (χ0v) is 9.94. The van der Waals surface area contributed by atoms with E-state index in [4.69, 9.17) is 0 Å². The summed E-state index contributed by atoms with van der Waals surface area (Å²) in [5, 5.41) is 9.84. The lowest BCUT2D eigenvalue weighted by Crippen LogP contribution is -2.10. The number of H-pyrrole nitrogens is 1. The van der Waals surface area contributed by atoms with Gasteiger partial charge in [-0.3, -0.25) is 4.79 Å². The molecule has 2 aromatic heterocycles. The van der Waals surface area contributed by atoms with E-state index in [-0.39, 0.29) is 17.1 Å². The monoisotopic (exact) mass is 236 g/mol. The van der Waals surface area contributed by atoms with E-state index in [2.05, 4.69) is 16.5 Å². The largest absolute Gasteiger partial charge is 0.505 e. The first-order chi connectivity index (χ1) is 7.54. The molecule has 0 fully saturated rings. The number of rotatable bonds is 2. The predicted octanol–water partition coefficient (Wildman–Crippen LogP) is 2.38. The molecule has 0 amide bonds. The van der Waals surface area contributed by atoms with Crippen LogP contribution in [0.3, 0.4) is 0 Å². The van der Waals surface area contributed by atoms with E-state index < -0.39 is 0 Å². The quantitative estimate of drug-likeness (QED) is 0.787. The summed E-state index contributed by atoms with van der Waals surface area (Å²) in [6, 6.07) is 0. The molecule has 16 heavy (non-hydrogen) atoms. The second-order valence-electron chi connectivity index (χ2n) is 3.55. The minimum atomic E-state index is -0.219. The molecule has 0 aromatic carbocycles. The first-order valence-corrected chi connectivity index (χ1v) is 5.76. The van der Waals surface area contributed by atoms with Gasteiger partial charge in [0, 0.05) is 4.88 Å². The van der Waals surface area contributed by atoms with Crippen molar-refractivity contribution < 1.29 is 5.11 Å². The Morgan fingerprint density at radius 2 is 2.31 bits per heavy atom. The number of hydrogen-bond acceptors (Lipinski definition) is 4. The Morgan fingerprint density at radius 3 is 2.88 bits per heavy atom. The molecule has 5 heteroatoms. The molecule has 0 saturated carbocycles. The van der Waals surface area contributed by atoms with Gasteiger partial charge in [-0.2, -0.15) is 0 Å². The number of nitrogens with one attached hydrogen (secondary N) is 1. The summed E-state index contributed by atoms with van der Waals surface area (Å²) in [4.78, 5) is 20.3. The molecule has 0 atom stereocenters. The Labute approximate surface area is 96.3 Å². The number of fused-ring (bicyclic) bond motifs is 1. The molecule has 4 nitrogen and oxygen atoms in total. The van der Waals surface area contributed by atoms with Gasteiger partial charge in [0.2, 0.25) is 0 Å². The van der Waals surface area contributed by atoms with Gasteiger partial charge >= 0.3 is 0 Å². The van der Waals surface area contributed by atoms with Crippen LogP contribution in [-0.2, 0) is 6.42 Å². The minimum absolute atomic E-state index is 0.140. The van der Waals surface area contributed by atoms with E-state index in [1.54, 1.807) is 0 Å². The van der Waals surface area contributed by atoms with Crippen molar-refractivity contribution in [1.29, 1.82) is 0 Å². The van der Waals surface area contributed by atoms with E-state index in [1.165, 1.54) is 11.3 Å². The van der Waals surface area contributed by atoms with Gasteiger partial charge in [-0.1, -0.05) is 13.5 Å². The Balaban J connectivity index is 2.84. The van der Waals surface area contributed by atoms with E-state index in [1.807, 2.05) is 13.8 Å². The van der Waals surface area contributed by atoms with Crippen molar-refractivity contribution in [2.24, 2.45) is 0 Å². The number of aromatic nitrogens is 2. The van der Waals surface area contributed by atoms with Crippen LogP contribution in [0.4, 0.5) is 0 Å². The van der Waals surface area contributed by atoms with Crippen molar-refractivity contribution in [1.82, 2.24) is 9.97 Å². The molecular formula is C11H12N2O2S. The molecule has 2 aromatic rings. The second-order valence-corrected chi connectivity index (χ2v) is 4.63. The fourth-order valence-corrected chi connectivity index (χ4v) is 2.78. The summed E-state index contributed by atoms with van der Waals surface area (Å²) in [7, 11) is 0. The third-order valence-electron chi connectivity index (χ3n) is 2.49. The molecule has 0 unspecified atom stereocenters. The van der Waals surface area contributed by atoms with E-state index >= 15 is 0 Å². The van der Waals surface area contributed by atoms with Crippen LogP contribution >= 0.6 is 11.3 Å². The SMILES string of the molecule is C=C(O)c1nc2sc(CC)c(C)c2c(=O)[nH]1. The van der Waals surface area contributed by atoms with Crippen molar-refractivity contribution in [3.63, 3.8) is 0 Å². The fraction of sp³-hybridized carbons (Fsp3) is 0.273. The molecule has 2 N–H and O–H groups in total. The number of aliphatic hydroxyl groups is 1. The van der Waals surface area contributed by atoms with Crippen LogP contribution < -0.4 is 5.56 Å². The van der Waals surface area contributed by atoms with Gasteiger partial charge in [0.1, 0.15) is 4.83 Å². The lowest BCUT2D eigenvalue weighted by molar-refractivity contribution is 0.507. The zero-order valence-electron chi connectivity index (χ0n) is 9.13. The number of thiophene rings is 1. The van der Waals surface area contributed by atoms with Crippen LogP contribution in [-0.4, -0.2) is 15.1 Å². The molecule has 0 saturated heterocycles. The number of nitrogens with zero attached hydrogens (tertiary/aromatic N) is 1. The van der Waals surface area contributed by atoms with Gasteiger partial charge in [0.25, 0.3) is 5.56 Å². The first-order valence-electron chi connectivity index (χ1n) is 4.95. The normalized spacial score (nSPS) is 10.9. The van der Waals surface area contributed by atoms with E-state index in [9.17, 15) is 9.90 Å². The lowest BCUT2D eigenvalue weighted by atomic mass is 10.2. The van der Waals surface area contributed by atoms with E-state index in [0.29, 0.717) is 10.2 Å². The first kappa shape index (κ1) is 10.9. The number of aromatic amines is 1. The van der Waals surface area contributed by atoms with Crippen LogP contribution in [0.25, 0.3) is 16.0 Å². The summed E-state index contributed by atoms with van der Waals surface area (Å²) in [6.07, 6.45) is 0.877. The maximum Gasteiger partial charge on any atom is 0.260 e. The van der Waals surface area contributed by atoms with Crippen molar-refractivity contribution in [3.8, 4) is 0 Å². The molecule has 0 aliphatic heterocycles. The highest BCUT2D eigenvalue weighted by Gasteiger charge is 2.13. The highest BCUT2D eigenvalue weighted by Crippen LogP contribution is 2.27. The van der Waals surface area contributed by atoms with Crippen LogP contribution in [0.15, 0.2) is 11.4 Å². The standard InChI is InChI=1S/C11H12N2O2S/c1-4-7-5(2)8-10(15)12-9(6(3)14)13-11(8)16-7/h14H,3-4H2,1-2H3,(H,12,13,15). The lowest BCUT2D eigenvalue weighted by Gasteiger charge is -1.97. The molecule has 0 bridgehead atoms. The molecular weight excluding hydrogens is 224 g/mol. The molecule has 2 heterocycles. The van der Waals surface area contributed by atoms with Crippen LogP contribution in [0.2, 0.25) is 0 Å². The van der Waals surface area contributed by atoms with Crippen molar-refractivity contribution in [2.45, 2.75) is 20.3 Å². The predicted molar refractivity (Wildman–Crippen MR) is 66.0 cm³/mol. The number of aryl methyl sites for hydroxylation is 2. The Kier molecular flexibility index (Phi) is 2.55. The number of aliphatic hydroxyl groups excluding tert-OH is 1. The second kappa shape index (κ2) is 3.75. The maximum absolute atomic E-state index is 11.8. The smallest absolute Gasteiger partial charge is 0.260 e. The van der Waals surface area contributed by atoms with Crippen LogP contribution in [0.1, 0.15) is 23.2 Å². The topological polar surface area (TPSA) is 66.0 Å². The van der Waals surface area contributed by atoms with Gasteiger partial charge in [-0.05, 0) is 18.9 Å². The highest BCUT2D eigenvalue weighted by atomic mass is 32.1. The summed E-state index contributed by atoms with van der Waals surface area (Å²) < 4.78 is 0. The van der Waals surface area contributed by atoms with Gasteiger partial charge in [0.05, 0.1) is 5.39 Å². The van der Waals surface area contributed by atoms with Crippen molar-refractivity contribution in [2.75, 3.05) is 0 Å². The Morgan fingerprint density at radius 1 is 1.62 bits per heavy atom. The van der Waals surface area contributed by atoms with Gasteiger partial charge in [-0.15, -0.1) is 11.3 Å².